The molecular formula is C16H16N2O5. The molecule has 0 bridgehead atoms. The Bertz CT molecular complexity index is 730. The molecule has 0 spiro atoms. The van der Waals surface area contributed by atoms with Crippen molar-refractivity contribution in [2.24, 2.45) is 0 Å². The summed E-state index contributed by atoms with van der Waals surface area (Å²) < 4.78 is 10.4. The van der Waals surface area contributed by atoms with E-state index in [1.165, 1.54) is 12.1 Å². The van der Waals surface area contributed by atoms with Gasteiger partial charge in [0.05, 0.1) is 12.0 Å². The smallest absolute Gasteiger partial charge is 0.272 e. The van der Waals surface area contributed by atoms with Crippen molar-refractivity contribution in [3.8, 4) is 11.5 Å². The third-order valence-electron chi connectivity index (χ3n) is 3.09. The third-order valence-corrected chi connectivity index (χ3v) is 3.09. The highest BCUT2D eigenvalue weighted by atomic mass is 16.6. The summed E-state index contributed by atoms with van der Waals surface area (Å²) in [7, 11) is 1.54. The average Bonchev–Trinajstić information content (AvgIpc) is 2.53. The molecule has 23 heavy (non-hydrogen) atoms. The predicted octanol–water partition coefficient (Wildman–Crippen LogP) is 2.93. The Morgan fingerprint density at radius 1 is 1.22 bits per heavy atom. The number of hydrogen-bond acceptors (Lipinski definition) is 5. The zero-order chi connectivity index (χ0) is 16.8. The zero-order valence-electron chi connectivity index (χ0n) is 12.7. The Morgan fingerprint density at radius 3 is 2.61 bits per heavy atom. The lowest BCUT2D eigenvalue weighted by Gasteiger charge is -2.09. The molecule has 0 aliphatic heterocycles. The molecule has 7 heteroatoms. The van der Waals surface area contributed by atoms with Crippen LogP contribution in [0.25, 0.3) is 0 Å². The summed E-state index contributed by atoms with van der Waals surface area (Å²) in [5, 5.41) is 13.4. The number of nitrogens with zero attached hydrogens (tertiary/aromatic N) is 1. The maximum absolute atomic E-state index is 11.9. The molecule has 120 valence electrons. The third kappa shape index (κ3) is 4.44. The van der Waals surface area contributed by atoms with Gasteiger partial charge in [-0.05, 0) is 31.2 Å². The van der Waals surface area contributed by atoms with Crippen LogP contribution >= 0.6 is 0 Å². The van der Waals surface area contributed by atoms with E-state index in [2.05, 4.69) is 5.32 Å². The molecular weight excluding hydrogens is 300 g/mol. The second-order valence-corrected chi connectivity index (χ2v) is 4.77. The van der Waals surface area contributed by atoms with Crippen molar-refractivity contribution in [1.29, 1.82) is 0 Å². The van der Waals surface area contributed by atoms with E-state index >= 15 is 0 Å². The number of nitro groups is 1. The molecule has 0 radical (unpaired) electrons. The highest BCUT2D eigenvalue weighted by molar-refractivity contribution is 5.92. The molecule has 2 aromatic rings. The number of carbonyl (C=O) groups is 1. The molecule has 0 saturated heterocycles. The van der Waals surface area contributed by atoms with Crippen molar-refractivity contribution in [3.63, 3.8) is 0 Å². The van der Waals surface area contributed by atoms with Gasteiger partial charge in [-0.1, -0.05) is 6.07 Å². The van der Waals surface area contributed by atoms with Crippen LogP contribution < -0.4 is 14.8 Å². The summed E-state index contributed by atoms with van der Waals surface area (Å²) in [6, 6.07) is 11.3. The predicted molar refractivity (Wildman–Crippen MR) is 85.0 cm³/mol. The number of amides is 1. The van der Waals surface area contributed by atoms with E-state index in [-0.39, 0.29) is 18.2 Å². The lowest BCUT2D eigenvalue weighted by atomic mass is 10.2. The molecule has 0 atom stereocenters. The summed E-state index contributed by atoms with van der Waals surface area (Å²) in [6.07, 6.45) is 0. The van der Waals surface area contributed by atoms with E-state index in [1.54, 1.807) is 44.4 Å². The van der Waals surface area contributed by atoms with Crippen LogP contribution in [0.1, 0.15) is 5.56 Å². The maximum atomic E-state index is 11.9. The summed E-state index contributed by atoms with van der Waals surface area (Å²) in [5.41, 5.74) is 0.962. The molecule has 7 nitrogen and oxygen atoms in total. The first-order chi connectivity index (χ1) is 11.0. The summed E-state index contributed by atoms with van der Waals surface area (Å²) in [5.74, 6) is 0.786. The van der Waals surface area contributed by atoms with Crippen LogP contribution in [0.3, 0.4) is 0 Å². The first-order valence-corrected chi connectivity index (χ1v) is 6.81. The molecule has 1 N–H and O–H groups in total. The lowest BCUT2D eigenvalue weighted by Crippen LogP contribution is -2.20. The first kappa shape index (κ1) is 16.3. The van der Waals surface area contributed by atoms with Gasteiger partial charge in [-0.2, -0.15) is 0 Å². The topological polar surface area (TPSA) is 90.7 Å². The van der Waals surface area contributed by atoms with Gasteiger partial charge in [-0.25, -0.2) is 0 Å². The molecule has 2 rings (SSSR count). The summed E-state index contributed by atoms with van der Waals surface area (Å²) >= 11 is 0. The number of rotatable bonds is 6. The Labute approximate surface area is 133 Å². The minimum absolute atomic E-state index is 0.00984. The lowest BCUT2D eigenvalue weighted by molar-refractivity contribution is -0.385. The zero-order valence-corrected chi connectivity index (χ0v) is 12.7. The van der Waals surface area contributed by atoms with Crippen LogP contribution in [0.2, 0.25) is 0 Å². The van der Waals surface area contributed by atoms with Gasteiger partial charge >= 0.3 is 0 Å². The van der Waals surface area contributed by atoms with Crippen molar-refractivity contribution in [1.82, 2.24) is 0 Å². The van der Waals surface area contributed by atoms with Gasteiger partial charge in [-0.3, -0.25) is 14.9 Å². The SMILES string of the molecule is COc1cccc(OCC(=O)Nc2ccc([N+](=O)[O-])c(C)c2)c1. The molecule has 0 heterocycles. The number of carbonyl (C=O) groups excluding carboxylic acids is 1. The Morgan fingerprint density at radius 2 is 1.96 bits per heavy atom. The van der Waals surface area contributed by atoms with Crippen molar-refractivity contribution < 1.29 is 19.2 Å². The number of anilines is 1. The molecule has 0 unspecified atom stereocenters. The van der Waals surface area contributed by atoms with Crippen LogP contribution in [-0.4, -0.2) is 24.5 Å². The molecule has 2 aromatic carbocycles. The number of nitrogens with one attached hydrogen (secondary N) is 1. The molecule has 0 aliphatic carbocycles. The van der Waals surface area contributed by atoms with Gasteiger partial charge in [0.15, 0.2) is 6.61 Å². The van der Waals surface area contributed by atoms with Crippen molar-refractivity contribution in [2.45, 2.75) is 6.92 Å². The van der Waals surface area contributed by atoms with E-state index in [0.29, 0.717) is 22.7 Å². The Kier molecular flexibility index (Phi) is 5.14. The van der Waals surface area contributed by atoms with Crippen LogP contribution in [0.5, 0.6) is 11.5 Å². The van der Waals surface area contributed by atoms with Crippen LogP contribution in [0.4, 0.5) is 11.4 Å². The van der Waals surface area contributed by atoms with Crippen LogP contribution in [0, 0.1) is 17.0 Å². The average molecular weight is 316 g/mol. The highest BCUT2D eigenvalue weighted by Crippen LogP contribution is 2.22. The number of aryl methyl sites for hydroxylation is 1. The monoisotopic (exact) mass is 316 g/mol. The van der Waals surface area contributed by atoms with Crippen molar-refractivity contribution in [2.75, 3.05) is 19.0 Å². The molecule has 0 fully saturated rings. The number of ether oxygens (including phenoxy) is 2. The highest BCUT2D eigenvalue weighted by Gasteiger charge is 2.11. The number of hydrogen-bond donors (Lipinski definition) is 1. The van der Waals surface area contributed by atoms with Crippen molar-refractivity contribution in [3.05, 3.63) is 58.1 Å². The van der Waals surface area contributed by atoms with E-state index in [1.807, 2.05) is 0 Å². The quantitative estimate of drug-likeness (QED) is 0.653. The largest absolute Gasteiger partial charge is 0.497 e. The Hall–Kier alpha value is -3.09. The number of nitro benzene ring substituents is 1. The normalized spacial score (nSPS) is 10.0. The standard InChI is InChI=1S/C16H16N2O5/c1-11-8-12(6-7-15(11)18(20)21)17-16(19)10-23-14-5-3-4-13(9-14)22-2/h3-9H,10H2,1-2H3,(H,17,19). The minimum atomic E-state index is -0.465. The summed E-state index contributed by atoms with van der Waals surface area (Å²) in [6.45, 7) is 1.43. The van der Waals surface area contributed by atoms with Gasteiger partial charge in [0.25, 0.3) is 11.6 Å². The molecule has 0 saturated carbocycles. The van der Waals surface area contributed by atoms with Gasteiger partial charge < -0.3 is 14.8 Å². The van der Waals surface area contributed by atoms with E-state index < -0.39 is 4.92 Å². The van der Waals surface area contributed by atoms with Crippen LogP contribution in [0.15, 0.2) is 42.5 Å². The number of methoxy groups -OCH3 is 1. The van der Waals surface area contributed by atoms with Gasteiger partial charge in [0, 0.05) is 23.4 Å². The second-order valence-electron chi connectivity index (χ2n) is 4.77. The fourth-order valence-corrected chi connectivity index (χ4v) is 1.97. The fourth-order valence-electron chi connectivity index (χ4n) is 1.97. The Balaban J connectivity index is 1.94. The summed E-state index contributed by atoms with van der Waals surface area (Å²) in [4.78, 5) is 22.2. The van der Waals surface area contributed by atoms with E-state index in [9.17, 15) is 14.9 Å². The van der Waals surface area contributed by atoms with Crippen LogP contribution in [-0.2, 0) is 4.79 Å². The fraction of sp³-hybridized carbons (Fsp3) is 0.188. The van der Waals surface area contributed by atoms with E-state index in [0.717, 1.165) is 0 Å². The van der Waals surface area contributed by atoms with Gasteiger partial charge in [-0.15, -0.1) is 0 Å². The van der Waals surface area contributed by atoms with Crippen molar-refractivity contribution >= 4 is 17.3 Å². The molecule has 1 amide bonds. The second kappa shape index (κ2) is 7.26. The van der Waals surface area contributed by atoms with Gasteiger partial charge in [0.1, 0.15) is 11.5 Å². The maximum Gasteiger partial charge on any atom is 0.272 e. The van der Waals surface area contributed by atoms with Gasteiger partial charge in [0.2, 0.25) is 0 Å². The molecule has 0 aliphatic rings. The minimum Gasteiger partial charge on any atom is -0.497 e. The molecule has 0 aromatic heterocycles. The van der Waals surface area contributed by atoms with E-state index in [4.69, 9.17) is 9.47 Å². The number of benzene rings is 2. The first-order valence-electron chi connectivity index (χ1n) is 6.81.